The van der Waals surface area contributed by atoms with Crippen molar-refractivity contribution in [2.75, 3.05) is 11.9 Å². The Hall–Kier alpha value is -3.29. The van der Waals surface area contributed by atoms with Crippen molar-refractivity contribution in [2.24, 2.45) is 0 Å². The lowest BCUT2D eigenvalue weighted by molar-refractivity contribution is -0.153. The maximum absolute atomic E-state index is 13.5. The number of ketones is 1. The summed E-state index contributed by atoms with van der Waals surface area (Å²) in [5, 5.41) is 2.16. The summed E-state index contributed by atoms with van der Waals surface area (Å²) in [6.07, 6.45) is -1.33. The molecule has 6 nitrogen and oxygen atoms in total. The average molecular weight is 391 g/mol. The standard InChI is InChI=1S/C20H19F2NO5/c1-12(24)14-3-6-16(7-4-14)27-10-9-19(25)28-13(2)20(26)23-18-11-15(21)5-8-17(18)22/h3-8,11,13H,9-10H2,1-2H3,(H,23,26). The van der Waals surface area contributed by atoms with E-state index in [0.29, 0.717) is 11.3 Å². The molecule has 0 aliphatic rings. The number of halogens is 2. The highest BCUT2D eigenvalue weighted by Gasteiger charge is 2.19. The maximum atomic E-state index is 13.5. The van der Waals surface area contributed by atoms with Gasteiger partial charge in [-0.2, -0.15) is 0 Å². The summed E-state index contributed by atoms with van der Waals surface area (Å²) in [7, 11) is 0. The van der Waals surface area contributed by atoms with Crippen molar-refractivity contribution in [3.63, 3.8) is 0 Å². The van der Waals surface area contributed by atoms with E-state index in [1.165, 1.54) is 13.8 Å². The van der Waals surface area contributed by atoms with E-state index < -0.39 is 29.6 Å². The molecule has 2 aromatic rings. The lowest BCUT2D eigenvalue weighted by Gasteiger charge is -2.14. The molecule has 148 valence electrons. The van der Waals surface area contributed by atoms with Crippen LogP contribution in [0.1, 0.15) is 30.6 Å². The van der Waals surface area contributed by atoms with Crippen molar-refractivity contribution >= 4 is 23.3 Å². The molecule has 1 unspecified atom stereocenters. The van der Waals surface area contributed by atoms with Crippen LogP contribution in [0.4, 0.5) is 14.5 Å². The van der Waals surface area contributed by atoms with Gasteiger partial charge < -0.3 is 14.8 Å². The minimum atomic E-state index is -1.20. The van der Waals surface area contributed by atoms with Gasteiger partial charge in [0, 0.05) is 11.6 Å². The highest BCUT2D eigenvalue weighted by atomic mass is 19.1. The minimum Gasteiger partial charge on any atom is -0.493 e. The normalized spacial score (nSPS) is 11.4. The van der Waals surface area contributed by atoms with Crippen LogP contribution in [-0.2, 0) is 14.3 Å². The number of carbonyl (C=O) groups excluding carboxylic acids is 3. The fraction of sp³-hybridized carbons (Fsp3) is 0.250. The Morgan fingerprint density at radius 1 is 1.07 bits per heavy atom. The molecule has 0 aliphatic carbocycles. The summed E-state index contributed by atoms with van der Waals surface area (Å²) in [4.78, 5) is 35.0. The number of rotatable bonds is 8. The van der Waals surface area contributed by atoms with E-state index in [1.807, 2.05) is 0 Å². The van der Waals surface area contributed by atoms with Gasteiger partial charge >= 0.3 is 5.97 Å². The zero-order valence-corrected chi connectivity index (χ0v) is 15.3. The molecule has 1 atom stereocenters. The summed E-state index contributed by atoms with van der Waals surface area (Å²) < 4.78 is 37.0. The second kappa shape index (κ2) is 9.59. The van der Waals surface area contributed by atoms with Crippen LogP contribution in [0.5, 0.6) is 5.75 Å². The van der Waals surface area contributed by atoms with Gasteiger partial charge in [0.1, 0.15) is 17.4 Å². The van der Waals surface area contributed by atoms with E-state index in [0.717, 1.165) is 18.2 Å². The molecule has 0 saturated heterocycles. The smallest absolute Gasteiger partial charge is 0.310 e. The first-order chi connectivity index (χ1) is 13.3. The zero-order chi connectivity index (χ0) is 20.7. The summed E-state index contributed by atoms with van der Waals surface area (Å²) >= 11 is 0. The third-order valence-electron chi connectivity index (χ3n) is 3.70. The van der Waals surface area contributed by atoms with Crippen molar-refractivity contribution < 1.29 is 32.6 Å². The van der Waals surface area contributed by atoms with Crippen molar-refractivity contribution in [1.82, 2.24) is 0 Å². The number of carbonyl (C=O) groups is 3. The summed E-state index contributed by atoms with van der Waals surface area (Å²) in [5.41, 5.74) is 0.201. The Balaban J connectivity index is 1.77. The third kappa shape index (κ3) is 6.15. The molecule has 0 saturated carbocycles. The number of esters is 1. The Bertz CT molecular complexity index is 867. The summed E-state index contributed by atoms with van der Waals surface area (Å²) in [6.45, 7) is 2.77. The topological polar surface area (TPSA) is 81.7 Å². The summed E-state index contributed by atoms with van der Waals surface area (Å²) in [5.74, 6) is -2.60. The number of hydrogen-bond acceptors (Lipinski definition) is 5. The van der Waals surface area contributed by atoms with Crippen LogP contribution in [0.2, 0.25) is 0 Å². The minimum absolute atomic E-state index is 0.00507. The molecule has 2 rings (SSSR count). The molecule has 8 heteroatoms. The zero-order valence-electron chi connectivity index (χ0n) is 15.3. The molecular formula is C20H19F2NO5. The number of benzene rings is 2. The first-order valence-corrected chi connectivity index (χ1v) is 8.45. The van der Waals surface area contributed by atoms with E-state index in [1.54, 1.807) is 24.3 Å². The average Bonchev–Trinajstić information content (AvgIpc) is 2.65. The van der Waals surface area contributed by atoms with Gasteiger partial charge in [0.05, 0.1) is 18.7 Å². The van der Waals surface area contributed by atoms with Crippen LogP contribution in [0.15, 0.2) is 42.5 Å². The summed E-state index contributed by atoms with van der Waals surface area (Å²) in [6, 6.07) is 9.04. The van der Waals surface area contributed by atoms with E-state index >= 15 is 0 Å². The van der Waals surface area contributed by atoms with Gasteiger partial charge in [0.2, 0.25) is 0 Å². The quantitative estimate of drug-likeness (QED) is 0.550. The molecule has 0 heterocycles. The number of Topliss-reactive ketones (excluding diaryl/α,β-unsaturated/α-hetero) is 1. The number of nitrogens with one attached hydrogen (secondary N) is 1. The van der Waals surface area contributed by atoms with Gasteiger partial charge in [-0.15, -0.1) is 0 Å². The monoisotopic (exact) mass is 391 g/mol. The SMILES string of the molecule is CC(=O)c1ccc(OCCC(=O)OC(C)C(=O)Nc2cc(F)ccc2F)cc1. The van der Waals surface area contributed by atoms with Gasteiger partial charge in [-0.3, -0.25) is 14.4 Å². The van der Waals surface area contributed by atoms with Crippen LogP contribution in [0, 0.1) is 11.6 Å². The van der Waals surface area contributed by atoms with E-state index in [4.69, 9.17) is 9.47 Å². The molecular weight excluding hydrogens is 372 g/mol. The molecule has 0 aliphatic heterocycles. The van der Waals surface area contributed by atoms with Crippen LogP contribution in [0.25, 0.3) is 0 Å². The first kappa shape index (κ1) is 21.0. The van der Waals surface area contributed by atoms with Gasteiger partial charge in [0.15, 0.2) is 11.9 Å². The molecule has 1 amide bonds. The molecule has 0 bridgehead atoms. The maximum Gasteiger partial charge on any atom is 0.310 e. The van der Waals surface area contributed by atoms with Crippen LogP contribution in [-0.4, -0.2) is 30.4 Å². The van der Waals surface area contributed by atoms with E-state index in [2.05, 4.69) is 5.32 Å². The Morgan fingerprint density at radius 2 is 1.75 bits per heavy atom. The van der Waals surface area contributed by atoms with E-state index in [9.17, 15) is 23.2 Å². The second-order valence-electron chi connectivity index (χ2n) is 5.92. The van der Waals surface area contributed by atoms with Gasteiger partial charge in [-0.25, -0.2) is 8.78 Å². The van der Waals surface area contributed by atoms with Gasteiger partial charge in [-0.05, 0) is 50.2 Å². The highest BCUT2D eigenvalue weighted by Crippen LogP contribution is 2.16. The fourth-order valence-corrected chi connectivity index (χ4v) is 2.18. The van der Waals surface area contributed by atoms with Crippen molar-refractivity contribution in [1.29, 1.82) is 0 Å². The van der Waals surface area contributed by atoms with Crippen LogP contribution in [0.3, 0.4) is 0 Å². The van der Waals surface area contributed by atoms with E-state index in [-0.39, 0.29) is 24.5 Å². The van der Waals surface area contributed by atoms with Gasteiger partial charge in [-0.1, -0.05) is 0 Å². The number of anilines is 1. The molecule has 28 heavy (non-hydrogen) atoms. The predicted octanol–water partition coefficient (Wildman–Crippen LogP) is 3.51. The first-order valence-electron chi connectivity index (χ1n) is 8.45. The van der Waals surface area contributed by atoms with Crippen LogP contribution < -0.4 is 10.1 Å². The molecule has 0 aromatic heterocycles. The number of hydrogen-bond donors (Lipinski definition) is 1. The Kier molecular flexibility index (Phi) is 7.20. The number of ether oxygens (including phenoxy) is 2. The lowest BCUT2D eigenvalue weighted by Crippen LogP contribution is -2.30. The second-order valence-corrected chi connectivity index (χ2v) is 5.92. The fourth-order valence-electron chi connectivity index (χ4n) is 2.18. The molecule has 0 fully saturated rings. The molecule has 0 spiro atoms. The van der Waals surface area contributed by atoms with Crippen molar-refractivity contribution in [3.05, 3.63) is 59.7 Å². The van der Waals surface area contributed by atoms with Gasteiger partial charge in [0.25, 0.3) is 5.91 Å². The molecule has 2 aromatic carbocycles. The Labute approximate surface area is 160 Å². The van der Waals surface area contributed by atoms with Crippen molar-refractivity contribution in [3.8, 4) is 5.75 Å². The molecule has 0 radical (unpaired) electrons. The third-order valence-corrected chi connectivity index (χ3v) is 3.70. The largest absolute Gasteiger partial charge is 0.493 e. The van der Waals surface area contributed by atoms with Crippen molar-refractivity contribution in [2.45, 2.75) is 26.4 Å². The lowest BCUT2D eigenvalue weighted by atomic mass is 10.1. The predicted molar refractivity (Wildman–Crippen MR) is 97.1 cm³/mol. The number of amides is 1. The highest BCUT2D eigenvalue weighted by molar-refractivity contribution is 5.95. The Morgan fingerprint density at radius 3 is 2.39 bits per heavy atom. The molecule has 1 N–H and O–H groups in total. The van der Waals surface area contributed by atoms with Crippen LogP contribution >= 0.6 is 0 Å².